The van der Waals surface area contributed by atoms with Crippen molar-refractivity contribution in [3.05, 3.63) is 63.5 Å². The van der Waals surface area contributed by atoms with Crippen LogP contribution < -0.4 is 10.1 Å². The summed E-state index contributed by atoms with van der Waals surface area (Å²) in [6.07, 6.45) is 4.51. The van der Waals surface area contributed by atoms with E-state index in [1.807, 2.05) is 0 Å². The summed E-state index contributed by atoms with van der Waals surface area (Å²) in [5.74, 6) is -1.67. The zero-order valence-corrected chi connectivity index (χ0v) is 15.7. The number of ether oxygens (including phenoxy) is 1. The minimum Gasteiger partial charge on any atom is -0.465 e. The van der Waals surface area contributed by atoms with Crippen LogP contribution in [0.2, 0.25) is 5.02 Å². The maximum Gasteiger partial charge on any atom is 0.404 e. The molecule has 1 aromatic rings. The largest absolute Gasteiger partial charge is 0.465 e. The van der Waals surface area contributed by atoms with Crippen LogP contribution in [-0.2, 0) is 0 Å². The van der Waals surface area contributed by atoms with Crippen molar-refractivity contribution in [2.75, 3.05) is 0 Å². The maximum absolute atomic E-state index is 13.4. The van der Waals surface area contributed by atoms with Crippen LogP contribution in [0.3, 0.4) is 0 Å². The average Bonchev–Trinajstić information content (AvgIpc) is 2.55. The summed E-state index contributed by atoms with van der Waals surface area (Å²) < 4.78 is 19.1. The SMILES string of the molecule is CC(C)(C)C(NC(=O)O)C1C=CC=CC1(Oc1ccc(F)c(Cl)c1)[N+](=O)[O-]. The molecule has 0 aromatic heterocycles. The third kappa shape index (κ3) is 4.39. The summed E-state index contributed by atoms with van der Waals surface area (Å²) in [4.78, 5) is 22.7. The summed E-state index contributed by atoms with van der Waals surface area (Å²) in [6.45, 7) is 5.29. The van der Waals surface area contributed by atoms with Gasteiger partial charge in [0.1, 0.15) is 17.5 Å². The van der Waals surface area contributed by atoms with Gasteiger partial charge in [0.25, 0.3) is 0 Å². The van der Waals surface area contributed by atoms with E-state index in [2.05, 4.69) is 5.32 Å². The monoisotopic (exact) mass is 398 g/mol. The fourth-order valence-corrected chi connectivity index (χ4v) is 3.18. The second-order valence-electron chi connectivity index (χ2n) is 7.25. The molecule has 0 aliphatic heterocycles. The van der Waals surface area contributed by atoms with Crippen LogP contribution >= 0.6 is 11.6 Å². The van der Waals surface area contributed by atoms with Crippen LogP contribution in [0, 0.1) is 27.3 Å². The fourth-order valence-electron chi connectivity index (χ4n) is 3.01. The van der Waals surface area contributed by atoms with E-state index in [4.69, 9.17) is 16.3 Å². The van der Waals surface area contributed by atoms with Crippen molar-refractivity contribution in [1.29, 1.82) is 0 Å². The Morgan fingerprint density at radius 3 is 2.63 bits per heavy atom. The molecule has 3 unspecified atom stereocenters. The number of halogens is 2. The zero-order chi connectivity index (χ0) is 20.4. The van der Waals surface area contributed by atoms with Gasteiger partial charge < -0.3 is 15.2 Å². The standard InChI is InChI=1S/C18H20ClFN2O5/c1-17(2,3)15(21-16(23)24)12-6-4-5-9-18(12,22(25)26)27-11-7-8-14(20)13(19)10-11/h4-10,12,15,21H,1-3H3,(H,23,24). The molecule has 1 aromatic carbocycles. The molecular weight excluding hydrogens is 379 g/mol. The minimum absolute atomic E-state index is 0.00830. The maximum atomic E-state index is 13.4. The highest BCUT2D eigenvalue weighted by molar-refractivity contribution is 6.30. The van der Waals surface area contributed by atoms with E-state index in [-0.39, 0.29) is 10.8 Å². The van der Waals surface area contributed by atoms with E-state index >= 15 is 0 Å². The number of carbonyl (C=O) groups is 1. The lowest BCUT2D eigenvalue weighted by Crippen LogP contribution is -2.60. The van der Waals surface area contributed by atoms with Crippen molar-refractivity contribution in [3.63, 3.8) is 0 Å². The number of hydrogen-bond acceptors (Lipinski definition) is 4. The molecule has 0 fully saturated rings. The lowest BCUT2D eigenvalue weighted by atomic mass is 9.73. The molecule has 0 spiro atoms. The first-order chi connectivity index (χ1) is 12.5. The third-order valence-corrected chi connectivity index (χ3v) is 4.56. The summed E-state index contributed by atoms with van der Waals surface area (Å²) in [7, 11) is 0. The predicted octanol–water partition coefficient (Wildman–Crippen LogP) is 4.26. The Balaban J connectivity index is 2.54. The second kappa shape index (κ2) is 7.56. The van der Waals surface area contributed by atoms with Gasteiger partial charge in [0.05, 0.1) is 16.0 Å². The lowest BCUT2D eigenvalue weighted by Gasteiger charge is -2.40. The Morgan fingerprint density at radius 2 is 2.11 bits per heavy atom. The van der Waals surface area contributed by atoms with Crippen LogP contribution in [0.15, 0.2) is 42.5 Å². The quantitative estimate of drug-likeness (QED) is 0.438. The van der Waals surface area contributed by atoms with Crippen molar-refractivity contribution in [2.45, 2.75) is 32.5 Å². The fraction of sp³-hybridized carbons (Fsp3) is 0.389. The Hall–Kier alpha value is -2.61. The summed E-state index contributed by atoms with van der Waals surface area (Å²) in [5, 5.41) is 23.4. The zero-order valence-electron chi connectivity index (χ0n) is 15.0. The van der Waals surface area contributed by atoms with E-state index in [1.165, 1.54) is 24.3 Å². The first kappa shape index (κ1) is 20.7. The predicted molar refractivity (Wildman–Crippen MR) is 97.9 cm³/mol. The van der Waals surface area contributed by atoms with Crippen LogP contribution in [0.1, 0.15) is 20.8 Å². The van der Waals surface area contributed by atoms with Gasteiger partial charge in [0.2, 0.25) is 0 Å². The van der Waals surface area contributed by atoms with Gasteiger partial charge in [-0.05, 0) is 17.5 Å². The molecule has 0 radical (unpaired) electrons. The number of amides is 1. The molecule has 146 valence electrons. The van der Waals surface area contributed by atoms with Crippen molar-refractivity contribution in [3.8, 4) is 5.75 Å². The van der Waals surface area contributed by atoms with Gasteiger partial charge in [-0.1, -0.05) is 50.6 Å². The molecule has 3 atom stereocenters. The molecule has 1 aliphatic carbocycles. The van der Waals surface area contributed by atoms with E-state index in [1.54, 1.807) is 26.8 Å². The number of carboxylic acid groups (broad SMARTS) is 1. The number of nitrogens with one attached hydrogen (secondary N) is 1. The summed E-state index contributed by atoms with van der Waals surface area (Å²) >= 11 is 5.75. The molecule has 0 bridgehead atoms. The highest BCUT2D eigenvalue weighted by Crippen LogP contribution is 2.39. The third-order valence-electron chi connectivity index (χ3n) is 4.27. The minimum atomic E-state index is -2.10. The van der Waals surface area contributed by atoms with E-state index in [0.717, 1.165) is 12.1 Å². The van der Waals surface area contributed by atoms with Gasteiger partial charge in [0, 0.05) is 12.1 Å². The Bertz CT molecular complexity index is 805. The van der Waals surface area contributed by atoms with Crippen molar-refractivity contribution < 1.29 is 24.0 Å². The number of hydrogen-bond donors (Lipinski definition) is 2. The van der Waals surface area contributed by atoms with Crippen LogP contribution in [0.5, 0.6) is 5.75 Å². The van der Waals surface area contributed by atoms with Gasteiger partial charge in [-0.15, -0.1) is 0 Å². The Labute approximate surface area is 160 Å². The summed E-state index contributed by atoms with van der Waals surface area (Å²) in [6, 6.07) is 2.56. The molecule has 9 heteroatoms. The highest BCUT2D eigenvalue weighted by atomic mass is 35.5. The molecule has 0 saturated heterocycles. The number of rotatable bonds is 5. The van der Waals surface area contributed by atoms with E-state index < -0.39 is 39.9 Å². The van der Waals surface area contributed by atoms with Crippen LogP contribution in [-0.4, -0.2) is 27.9 Å². The van der Waals surface area contributed by atoms with Crippen LogP contribution in [0.25, 0.3) is 0 Å². The molecule has 1 aliphatic rings. The van der Waals surface area contributed by atoms with Crippen molar-refractivity contribution in [2.24, 2.45) is 11.3 Å². The summed E-state index contributed by atoms with van der Waals surface area (Å²) in [5.41, 5.74) is -2.76. The highest BCUT2D eigenvalue weighted by Gasteiger charge is 2.56. The van der Waals surface area contributed by atoms with Gasteiger partial charge in [-0.2, -0.15) is 0 Å². The number of nitro groups is 1. The van der Waals surface area contributed by atoms with E-state index in [0.29, 0.717) is 0 Å². The molecular formula is C18H20ClFN2O5. The first-order valence-corrected chi connectivity index (χ1v) is 8.49. The van der Waals surface area contributed by atoms with Gasteiger partial charge in [-0.25, -0.2) is 9.18 Å². The van der Waals surface area contributed by atoms with Crippen molar-refractivity contribution in [1.82, 2.24) is 5.32 Å². The number of allylic oxidation sites excluding steroid dienone is 2. The van der Waals surface area contributed by atoms with Crippen LogP contribution in [0.4, 0.5) is 9.18 Å². The topological polar surface area (TPSA) is 102 Å². The molecule has 2 rings (SSSR count). The number of nitrogens with zero attached hydrogens (tertiary/aromatic N) is 1. The van der Waals surface area contributed by atoms with Crippen molar-refractivity contribution >= 4 is 17.7 Å². The average molecular weight is 399 g/mol. The molecule has 1 amide bonds. The Morgan fingerprint density at radius 1 is 1.44 bits per heavy atom. The normalized spacial score (nSPS) is 22.9. The smallest absolute Gasteiger partial charge is 0.404 e. The molecule has 0 heterocycles. The molecule has 7 nitrogen and oxygen atoms in total. The second-order valence-corrected chi connectivity index (χ2v) is 7.66. The lowest BCUT2D eigenvalue weighted by molar-refractivity contribution is -0.610. The Kier molecular flexibility index (Phi) is 5.79. The van der Waals surface area contributed by atoms with Gasteiger partial charge in [0.15, 0.2) is 0 Å². The van der Waals surface area contributed by atoms with E-state index in [9.17, 15) is 24.4 Å². The molecule has 0 saturated carbocycles. The number of benzene rings is 1. The first-order valence-electron chi connectivity index (χ1n) is 8.11. The molecule has 27 heavy (non-hydrogen) atoms. The molecule has 2 N–H and O–H groups in total. The van der Waals surface area contributed by atoms with Gasteiger partial charge in [-0.3, -0.25) is 10.1 Å². The van der Waals surface area contributed by atoms with Gasteiger partial charge >= 0.3 is 11.8 Å².